The molecule has 0 unspecified atom stereocenters. The van der Waals surface area contributed by atoms with Gasteiger partial charge in [0.05, 0.1) is 29.3 Å². The van der Waals surface area contributed by atoms with Crippen molar-refractivity contribution < 1.29 is 24.0 Å². The number of carbonyl (C=O) groups is 2. The van der Waals surface area contributed by atoms with E-state index in [1.54, 1.807) is 44.2 Å². The van der Waals surface area contributed by atoms with E-state index >= 15 is 0 Å². The maximum Gasteiger partial charge on any atom is 0.340 e. The minimum Gasteiger partial charge on any atom is -0.494 e. The first-order valence-electron chi connectivity index (χ1n) is 9.79. The van der Waals surface area contributed by atoms with Gasteiger partial charge in [0.1, 0.15) is 5.75 Å². The van der Waals surface area contributed by atoms with Gasteiger partial charge in [0, 0.05) is 23.5 Å². The van der Waals surface area contributed by atoms with Crippen molar-refractivity contribution in [1.29, 1.82) is 0 Å². The van der Waals surface area contributed by atoms with Gasteiger partial charge in [-0.1, -0.05) is 12.1 Å². The second-order valence-corrected chi connectivity index (χ2v) is 6.66. The van der Waals surface area contributed by atoms with E-state index in [9.17, 15) is 19.7 Å². The molecule has 3 rings (SSSR count). The first-order valence-corrected chi connectivity index (χ1v) is 9.79. The molecule has 1 aliphatic heterocycles. The lowest BCUT2D eigenvalue weighted by molar-refractivity contribution is -0.384. The fraction of sp³-hybridized carbons (Fsp3) is 0.217. The molecule has 2 aromatic carbocycles. The summed E-state index contributed by atoms with van der Waals surface area (Å²) >= 11 is 0. The molecule has 0 bridgehead atoms. The summed E-state index contributed by atoms with van der Waals surface area (Å²) in [5, 5.41) is 11.1. The number of nitro groups is 1. The Morgan fingerprint density at radius 3 is 2.45 bits per heavy atom. The van der Waals surface area contributed by atoms with Crippen LogP contribution in [0.25, 0.3) is 6.08 Å². The number of nitrogens with zero attached hydrogens (tertiary/aromatic N) is 2. The summed E-state index contributed by atoms with van der Waals surface area (Å²) in [6.07, 6.45) is 1.47. The number of anilines is 1. The molecular weight excluding hydrogens is 400 g/mol. The third-order valence-corrected chi connectivity index (χ3v) is 4.68. The Kier molecular flexibility index (Phi) is 6.49. The molecule has 1 heterocycles. The minimum absolute atomic E-state index is 0.110. The first-order chi connectivity index (χ1) is 14.9. The van der Waals surface area contributed by atoms with E-state index in [-0.39, 0.29) is 23.4 Å². The number of amides is 1. The van der Waals surface area contributed by atoms with Crippen LogP contribution in [0.1, 0.15) is 26.3 Å². The van der Waals surface area contributed by atoms with Crippen LogP contribution in [0.3, 0.4) is 0 Å². The molecule has 0 radical (unpaired) electrons. The van der Waals surface area contributed by atoms with Gasteiger partial charge in [0.15, 0.2) is 0 Å². The topological polar surface area (TPSA) is 99.0 Å². The Labute approximate surface area is 179 Å². The number of non-ortho nitro benzene ring substituents is 1. The van der Waals surface area contributed by atoms with Gasteiger partial charge < -0.3 is 9.47 Å². The molecule has 0 atom stereocenters. The first kappa shape index (κ1) is 21.8. The number of hydrogen-bond donors (Lipinski definition) is 0. The summed E-state index contributed by atoms with van der Waals surface area (Å²) in [5.41, 5.74) is 1.55. The summed E-state index contributed by atoms with van der Waals surface area (Å²) in [4.78, 5) is 38.0. The molecule has 0 aromatic heterocycles. The van der Waals surface area contributed by atoms with Gasteiger partial charge in [-0.25, -0.2) is 4.79 Å². The summed E-state index contributed by atoms with van der Waals surface area (Å²) in [5.74, 6) is -0.382. The minimum atomic E-state index is -0.626. The standard InChI is InChI=1S/C23H22N2O6/c1-4-30-19-11-9-17(10-12-19)24-15(3)21(23(27)31-5-2)20(22(24)26)14-16-7-6-8-18(13-16)25(28)29/h6-14H,4-5H2,1-3H3/b20-14-. The van der Waals surface area contributed by atoms with Crippen LogP contribution >= 0.6 is 0 Å². The van der Waals surface area contributed by atoms with Crippen LogP contribution in [0.4, 0.5) is 11.4 Å². The molecule has 8 heteroatoms. The Morgan fingerprint density at radius 1 is 1.13 bits per heavy atom. The third-order valence-electron chi connectivity index (χ3n) is 4.68. The summed E-state index contributed by atoms with van der Waals surface area (Å²) in [6.45, 7) is 5.88. The number of allylic oxidation sites excluding steroid dienone is 1. The lowest BCUT2D eigenvalue weighted by atomic mass is 10.0. The third kappa shape index (κ3) is 4.48. The van der Waals surface area contributed by atoms with Gasteiger partial charge in [-0.05, 0) is 56.7 Å². The fourth-order valence-corrected chi connectivity index (χ4v) is 3.35. The zero-order valence-electron chi connectivity index (χ0n) is 17.5. The molecule has 160 valence electrons. The van der Waals surface area contributed by atoms with Gasteiger partial charge in [0.25, 0.3) is 11.6 Å². The maximum atomic E-state index is 13.3. The van der Waals surface area contributed by atoms with Crippen molar-refractivity contribution >= 4 is 29.3 Å². The van der Waals surface area contributed by atoms with Crippen molar-refractivity contribution in [3.8, 4) is 5.75 Å². The Morgan fingerprint density at radius 2 is 1.84 bits per heavy atom. The predicted molar refractivity (Wildman–Crippen MR) is 116 cm³/mol. The summed E-state index contributed by atoms with van der Waals surface area (Å²) in [6, 6.07) is 12.8. The number of nitro benzene ring substituents is 1. The molecule has 1 aliphatic rings. The van der Waals surface area contributed by atoms with Crippen molar-refractivity contribution in [2.75, 3.05) is 18.1 Å². The lowest BCUT2D eigenvalue weighted by Gasteiger charge is -2.18. The van der Waals surface area contributed by atoms with Crippen LogP contribution in [0.5, 0.6) is 5.75 Å². The van der Waals surface area contributed by atoms with E-state index < -0.39 is 16.8 Å². The van der Waals surface area contributed by atoms with Crippen molar-refractivity contribution in [1.82, 2.24) is 0 Å². The van der Waals surface area contributed by atoms with Gasteiger partial charge in [0.2, 0.25) is 0 Å². The van der Waals surface area contributed by atoms with Crippen molar-refractivity contribution in [2.24, 2.45) is 0 Å². The van der Waals surface area contributed by atoms with Crippen LogP contribution in [-0.4, -0.2) is 30.0 Å². The molecule has 2 aromatic rings. The maximum absolute atomic E-state index is 13.3. The van der Waals surface area contributed by atoms with Crippen molar-refractivity contribution in [2.45, 2.75) is 20.8 Å². The van der Waals surface area contributed by atoms with E-state index in [4.69, 9.17) is 9.47 Å². The number of carbonyl (C=O) groups excluding carboxylic acids is 2. The SMILES string of the molecule is CCOC(=O)C1=C(C)N(c2ccc(OCC)cc2)C(=O)/C1=C\c1cccc([N+](=O)[O-])c1. The van der Waals surface area contributed by atoms with Gasteiger partial charge >= 0.3 is 5.97 Å². The van der Waals surface area contributed by atoms with Crippen molar-refractivity contribution in [3.63, 3.8) is 0 Å². The number of esters is 1. The number of benzene rings is 2. The highest BCUT2D eigenvalue weighted by Gasteiger charge is 2.38. The zero-order valence-corrected chi connectivity index (χ0v) is 17.5. The molecule has 1 amide bonds. The quantitative estimate of drug-likeness (QED) is 0.286. The monoisotopic (exact) mass is 422 g/mol. The average Bonchev–Trinajstić information content (AvgIpc) is 2.99. The average molecular weight is 422 g/mol. The van der Waals surface area contributed by atoms with Gasteiger partial charge in [-0.3, -0.25) is 19.8 Å². The van der Waals surface area contributed by atoms with E-state index in [1.807, 2.05) is 6.92 Å². The second kappa shape index (κ2) is 9.25. The highest BCUT2D eigenvalue weighted by molar-refractivity contribution is 6.23. The molecule has 0 N–H and O–H groups in total. The van der Waals surface area contributed by atoms with E-state index in [0.717, 1.165) is 0 Å². The second-order valence-electron chi connectivity index (χ2n) is 6.66. The summed E-state index contributed by atoms with van der Waals surface area (Å²) in [7, 11) is 0. The van der Waals surface area contributed by atoms with E-state index in [1.165, 1.54) is 29.2 Å². The Balaban J connectivity index is 2.08. The highest BCUT2D eigenvalue weighted by atomic mass is 16.6. The molecular formula is C23H22N2O6. The number of rotatable bonds is 7. The smallest absolute Gasteiger partial charge is 0.340 e. The van der Waals surface area contributed by atoms with Crippen LogP contribution in [0.15, 0.2) is 65.4 Å². The number of ether oxygens (including phenoxy) is 2. The fourth-order valence-electron chi connectivity index (χ4n) is 3.35. The van der Waals surface area contributed by atoms with Crippen LogP contribution < -0.4 is 9.64 Å². The van der Waals surface area contributed by atoms with Gasteiger partial charge in [-0.15, -0.1) is 0 Å². The molecule has 0 saturated carbocycles. The Hall–Kier alpha value is -3.94. The Bertz CT molecular complexity index is 1090. The van der Waals surface area contributed by atoms with Gasteiger partial charge in [-0.2, -0.15) is 0 Å². The van der Waals surface area contributed by atoms with Crippen molar-refractivity contribution in [3.05, 3.63) is 81.1 Å². The molecule has 0 aliphatic carbocycles. The molecule has 0 spiro atoms. The largest absolute Gasteiger partial charge is 0.494 e. The van der Waals surface area contributed by atoms with Crippen LogP contribution in [0, 0.1) is 10.1 Å². The number of hydrogen-bond acceptors (Lipinski definition) is 6. The molecule has 0 fully saturated rings. The highest BCUT2D eigenvalue weighted by Crippen LogP contribution is 2.36. The molecule has 8 nitrogen and oxygen atoms in total. The van der Waals surface area contributed by atoms with E-state index in [0.29, 0.717) is 29.3 Å². The van der Waals surface area contributed by atoms with Crippen LogP contribution in [0.2, 0.25) is 0 Å². The van der Waals surface area contributed by atoms with Crippen LogP contribution in [-0.2, 0) is 14.3 Å². The lowest BCUT2D eigenvalue weighted by Crippen LogP contribution is -2.24. The van der Waals surface area contributed by atoms with E-state index in [2.05, 4.69) is 0 Å². The molecule has 31 heavy (non-hydrogen) atoms. The summed E-state index contributed by atoms with van der Waals surface area (Å²) < 4.78 is 10.6. The normalized spacial score (nSPS) is 14.9. The predicted octanol–water partition coefficient (Wildman–Crippen LogP) is 4.26. The zero-order chi connectivity index (χ0) is 22.5. The molecule has 0 saturated heterocycles.